The molecule has 2 fully saturated rings. The summed E-state index contributed by atoms with van der Waals surface area (Å²) in [6.07, 6.45) is 9.97. The number of anilines is 2. The lowest BCUT2D eigenvalue weighted by atomic mass is 9.95. The highest BCUT2D eigenvalue weighted by atomic mass is 32.2. The summed E-state index contributed by atoms with van der Waals surface area (Å²) < 4.78 is 35.8. The van der Waals surface area contributed by atoms with Gasteiger partial charge >= 0.3 is 15.2 Å². The number of nitrogens with two attached hydrogens (primary N) is 2. The van der Waals surface area contributed by atoms with Crippen LogP contribution in [0.5, 0.6) is 0 Å². The van der Waals surface area contributed by atoms with Crippen molar-refractivity contribution in [3.05, 3.63) is 168 Å². The zero-order valence-corrected chi connectivity index (χ0v) is 69.5. The third kappa shape index (κ3) is 23.5. The number of thioether (sulfide) groups is 2. The first-order chi connectivity index (χ1) is 55.9. The lowest BCUT2D eigenvalue weighted by Gasteiger charge is -2.29. The minimum Gasteiger partial charge on any atom is -0.356 e. The van der Waals surface area contributed by atoms with E-state index in [2.05, 4.69) is 69.4 Å². The molecule has 6 aromatic carbocycles. The summed E-state index contributed by atoms with van der Waals surface area (Å²) in [6, 6.07) is 47.6. The molecule has 8 N–H and O–H groups in total. The van der Waals surface area contributed by atoms with Crippen LogP contribution >= 0.6 is 38.7 Å². The number of nitrogens with zero attached hydrogens (tertiary/aromatic N) is 10. The van der Waals surface area contributed by atoms with Crippen LogP contribution in [0, 0.1) is 0 Å². The van der Waals surface area contributed by atoms with Crippen LogP contribution in [-0.4, -0.2) is 184 Å². The summed E-state index contributed by atoms with van der Waals surface area (Å²) in [6.45, 7) is 7.66. The van der Waals surface area contributed by atoms with Gasteiger partial charge in [0.05, 0.1) is 59.6 Å². The van der Waals surface area contributed by atoms with Crippen molar-refractivity contribution in [2.75, 3.05) is 74.0 Å². The fourth-order valence-corrected chi connectivity index (χ4v) is 17.6. The fourth-order valence-electron chi connectivity index (χ4n) is 14.3. The maximum absolute atomic E-state index is 14.1. The van der Waals surface area contributed by atoms with E-state index >= 15 is 0 Å². The molecule has 2 saturated heterocycles. The van der Waals surface area contributed by atoms with Crippen LogP contribution in [-0.2, 0) is 82.5 Å². The summed E-state index contributed by atoms with van der Waals surface area (Å²) in [5, 5.41) is 23.2. The molecule has 4 aliphatic rings. The van der Waals surface area contributed by atoms with E-state index in [4.69, 9.17) is 20.5 Å². The van der Waals surface area contributed by atoms with Crippen LogP contribution in [0.25, 0.3) is 56.4 Å². The first-order valence-electron chi connectivity index (χ1n) is 39.8. The van der Waals surface area contributed by atoms with Crippen LogP contribution in [0.2, 0.25) is 0 Å². The Labute approximate surface area is 685 Å². The number of imide groups is 2. The zero-order valence-electron chi connectivity index (χ0n) is 66.1. The van der Waals surface area contributed by atoms with E-state index in [9.17, 15) is 57.3 Å². The molecule has 0 aliphatic carbocycles. The average molecular weight is 1660 g/mol. The number of amides is 8. The van der Waals surface area contributed by atoms with Gasteiger partial charge in [0.25, 0.3) is 0 Å². The second-order valence-electron chi connectivity index (χ2n) is 29.5. The van der Waals surface area contributed by atoms with Crippen molar-refractivity contribution in [3.63, 3.8) is 0 Å². The van der Waals surface area contributed by atoms with Crippen LogP contribution in [0.3, 0.4) is 0 Å². The topological polar surface area (TPSA) is 380 Å². The molecular weight excluding hydrogens is 1560 g/mol. The molecule has 8 amide bonds. The Hall–Kier alpha value is -9.32. The number of hydrogen-bond acceptors (Lipinski definition) is 20. The van der Waals surface area contributed by atoms with Crippen LogP contribution < -0.4 is 31.9 Å². The molecule has 6 heterocycles. The van der Waals surface area contributed by atoms with Gasteiger partial charge in [0.1, 0.15) is 22.8 Å². The normalized spacial score (nSPS) is 16.5. The monoisotopic (exact) mass is 1660 g/mol. The maximum atomic E-state index is 14.1. The lowest BCUT2D eigenvalue weighted by Crippen LogP contribution is -2.37. The summed E-state index contributed by atoms with van der Waals surface area (Å²) in [5.74, 6) is -0.805. The molecule has 8 aromatic rings. The molecule has 0 saturated carbocycles. The number of benzene rings is 6. The van der Waals surface area contributed by atoms with E-state index in [-0.39, 0.29) is 137 Å². The molecule has 2 aromatic heterocycles. The van der Waals surface area contributed by atoms with Gasteiger partial charge < -0.3 is 50.7 Å². The fraction of sp³-hybridized carbons (Fsp3) is 0.429. The van der Waals surface area contributed by atoms with Crippen molar-refractivity contribution in [2.24, 2.45) is 11.5 Å². The zero-order chi connectivity index (χ0) is 82.5. The molecule has 32 heteroatoms. The summed E-state index contributed by atoms with van der Waals surface area (Å²) in [7, 11) is -6.91. The van der Waals surface area contributed by atoms with E-state index in [1.54, 1.807) is 9.80 Å². The van der Waals surface area contributed by atoms with E-state index in [1.165, 1.54) is 23.5 Å². The molecule has 28 nitrogen and oxygen atoms in total. The highest BCUT2D eigenvalue weighted by Crippen LogP contribution is 2.45. The number of fused-ring (bicyclic) bond motifs is 10. The van der Waals surface area contributed by atoms with Gasteiger partial charge in [-0.05, 0) is 122 Å². The molecule has 0 spiro atoms. The Morgan fingerprint density at radius 3 is 1.33 bits per heavy atom. The predicted octanol–water partition coefficient (Wildman–Crippen LogP) is 11.8. The number of carbonyl (C=O) groups is 8. The summed E-state index contributed by atoms with van der Waals surface area (Å²) in [4.78, 5) is 129. The van der Waals surface area contributed by atoms with Crippen molar-refractivity contribution in [3.8, 4) is 56.4 Å². The van der Waals surface area contributed by atoms with Crippen molar-refractivity contribution in [1.82, 2.24) is 50.4 Å². The average Bonchev–Trinajstić information content (AvgIpc) is 1.53. The molecule has 6 unspecified atom stereocenters. The minimum absolute atomic E-state index is 0.0168. The van der Waals surface area contributed by atoms with Gasteiger partial charge in [0, 0.05) is 112 Å². The Bertz CT molecular complexity index is 4880. The third-order valence-electron chi connectivity index (χ3n) is 20.7. The SMILES string of the molecule is CCC(N)Cc1ccc(-n2nnc3c2-c2ccccc2CN(C(=O)CCNC(=O)CCN2C(=O)CC(SCCCCCCOP(C)(=O)O)C2=O)c2ccccc2-3)cc1.CCC(N)Cc1ccc(-n2nnc3c2-c2ccccc2N(C(=O)CCNC(=O)CCN2C(=O)CC(SCCCCCCOP(C)(=O)O)C2=O)Cc2ccccc2-3)cc1. The van der Waals surface area contributed by atoms with Gasteiger partial charge in [-0.15, -0.1) is 33.7 Å². The molecule has 4 aliphatic heterocycles. The van der Waals surface area contributed by atoms with Gasteiger partial charge in [0.2, 0.25) is 47.3 Å². The molecule has 0 radical (unpaired) electrons. The maximum Gasteiger partial charge on any atom is 0.325 e. The van der Waals surface area contributed by atoms with Crippen molar-refractivity contribution >= 4 is 97.3 Å². The minimum atomic E-state index is -3.45. The van der Waals surface area contributed by atoms with Crippen LogP contribution in [0.15, 0.2) is 146 Å². The van der Waals surface area contributed by atoms with Gasteiger partial charge in [-0.3, -0.25) is 57.3 Å². The van der Waals surface area contributed by atoms with E-state index in [1.807, 2.05) is 131 Å². The Morgan fingerprint density at radius 2 is 0.879 bits per heavy atom. The van der Waals surface area contributed by atoms with Crippen molar-refractivity contribution < 1.29 is 66.3 Å². The highest BCUT2D eigenvalue weighted by molar-refractivity contribution is 8.00. The summed E-state index contributed by atoms with van der Waals surface area (Å²) >= 11 is 2.89. The number of para-hydroxylation sites is 2. The molecule has 0 bridgehead atoms. The van der Waals surface area contributed by atoms with E-state index < -0.39 is 25.7 Å². The highest BCUT2D eigenvalue weighted by Gasteiger charge is 2.41. The van der Waals surface area contributed by atoms with Gasteiger partial charge in [-0.2, -0.15) is 0 Å². The Kier molecular flexibility index (Phi) is 31.4. The van der Waals surface area contributed by atoms with Gasteiger partial charge in [-0.1, -0.05) is 159 Å². The Morgan fingerprint density at radius 1 is 0.500 bits per heavy atom. The molecule has 6 atom stereocenters. The summed E-state index contributed by atoms with van der Waals surface area (Å²) in [5.41, 5.74) is 25.9. The number of rotatable bonds is 38. The molecular formula is C84H104N14O14P2S2. The predicted molar refractivity (Wildman–Crippen MR) is 451 cm³/mol. The first-order valence-corrected chi connectivity index (χ1v) is 45.9. The third-order valence-corrected chi connectivity index (χ3v) is 24.6. The second-order valence-corrected chi connectivity index (χ2v) is 35.8. The van der Waals surface area contributed by atoms with Gasteiger partial charge in [0.15, 0.2) is 0 Å². The number of unbranched alkanes of at least 4 members (excludes halogenated alkanes) is 6. The molecule has 616 valence electrons. The lowest BCUT2D eigenvalue weighted by molar-refractivity contribution is -0.140. The number of carbonyl (C=O) groups excluding carboxylic acids is 8. The largest absolute Gasteiger partial charge is 0.356 e. The standard InChI is InChI=1S/2C42H52N7O7PS/c1-3-31(43)26-29-16-18-32(19-17-29)49-41-33-13-7-6-12-30(33)28-48(35-15-9-8-14-34(35)40(41)45-46-49)38(51)20-22-44-37(50)21-23-47-39(52)27-36(42(47)53)58-25-11-5-4-10-24-56-57(2,54)55;1-3-31(43)26-29-16-18-32(19-17-29)49-41-34-14-8-9-15-35(34)48(28-30-12-6-7-13-33(30)40(41)45-46-49)38(51)20-22-44-37(50)21-23-47-39(52)27-36(42(47)53)58-25-11-5-4-10-24-56-57(2,54)55/h2*6-9,12-19,31,36H,3-5,10-11,20-28,43H2,1-2H3,(H,44,50)(H,54,55). The van der Waals surface area contributed by atoms with Crippen molar-refractivity contribution in [1.29, 1.82) is 0 Å². The van der Waals surface area contributed by atoms with E-state index in [0.29, 0.717) is 60.2 Å². The number of nitrogens with one attached hydrogen (secondary N) is 2. The second kappa shape index (κ2) is 41.7. The van der Waals surface area contributed by atoms with Gasteiger partial charge in [-0.25, -0.2) is 9.36 Å². The smallest absolute Gasteiger partial charge is 0.325 e. The molecule has 116 heavy (non-hydrogen) atoms. The van der Waals surface area contributed by atoms with Crippen LogP contribution in [0.1, 0.15) is 139 Å². The number of aromatic nitrogens is 6. The first kappa shape index (κ1) is 87.5. The quantitative estimate of drug-likeness (QED) is 0.0119. The Balaban J connectivity index is 0.000000228. The van der Waals surface area contributed by atoms with Crippen LogP contribution in [0.4, 0.5) is 11.4 Å². The molecule has 12 rings (SSSR count). The van der Waals surface area contributed by atoms with E-state index in [0.717, 1.165) is 155 Å². The number of likely N-dealkylation sites (tertiary alicyclic amines) is 2. The van der Waals surface area contributed by atoms with Crippen molar-refractivity contribution in [2.45, 2.75) is 165 Å². The number of hydrogen-bond donors (Lipinski definition) is 6.